The molecule has 7 aliphatic rings. The van der Waals surface area contributed by atoms with Crippen LogP contribution >= 0.6 is 0 Å². The van der Waals surface area contributed by atoms with E-state index in [0.717, 1.165) is 44.2 Å². The van der Waals surface area contributed by atoms with E-state index in [2.05, 4.69) is 39.5 Å². The third-order valence-electron chi connectivity index (χ3n) is 12.9. The number of alkyl halides is 3. The van der Waals surface area contributed by atoms with Crippen molar-refractivity contribution in [3.63, 3.8) is 0 Å². The highest BCUT2D eigenvalue weighted by atomic mass is 19.4. The number of esters is 1. The molecule has 7 rings (SSSR count). The molecule has 0 unspecified atom stereocenters. The van der Waals surface area contributed by atoms with Gasteiger partial charge >= 0.3 is 18.1 Å². The highest BCUT2D eigenvalue weighted by molar-refractivity contribution is 6.00. The number of aliphatic carboxylic acids is 1. The minimum atomic E-state index is -5.08. The van der Waals surface area contributed by atoms with E-state index in [1.54, 1.807) is 6.08 Å². The van der Waals surface area contributed by atoms with Crippen molar-refractivity contribution in [1.29, 1.82) is 0 Å². The molecule has 43 heavy (non-hydrogen) atoms. The highest BCUT2D eigenvalue weighted by Crippen LogP contribution is 2.78. The van der Waals surface area contributed by atoms with Crippen molar-refractivity contribution in [2.45, 2.75) is 110 Å². The van der Waals surface area contributed by atoms with Crippen LogP contribution in [-0.2, 0) is 28.7 Å². The van der Waals surface area contributed by atoms with Crippen LogP contribution in [0.3, 0.4) is 0 Å². The van der Waals surface area contributed by atoms with E-state index in [1.807, 2.05) is 6.92 Å². The van der Waals surface area contributed by atoms with Gasteiger partial charge in [-0.2, -0.15) is 13.2 Å². The molecule has 3 aliphatic carbocycles. The number of ketones is 2. The molecular weight excluding hydrogens is 567 g/mol. The van der Waals surface area contributed by atoms with Crippen LogP contribution in [-0.4, -0.2) is 63.8 Å². The average Bonchev–Trinajstić information content (AvgIpc) is 3.14. The number of carboxylic acids is 1. The van der Waals surface area contributed by atoms with Gasteiger partial charge in [0.25, 0.3) is 0 Å². The van der Waals surface area contributed by atoms with E-state index in [9.17, 15) is 27.6 Å². The van der Waals surface area contributed by atoms with E-state index in [0.29, 0.717) is 12.3 Å². The van der Waals surface area contributed by atoms with E-state index < -0.39 is 34.4 Å². The lowest BCUT2D eigenvalue weighted by Crippen LogP contribution is -2.83. The third kappa shape index (κ3) is 3.88. The molecule has 4 saturated heterocycles. The summed E-state index contributed by atoms with van der Waals surface area (Å²) >= 11 is 0. The Morgan fingerprint density at radius 1 is 1.12 bits per heavy atom. The Morgan fingerprint density at radius 2 is 1.77 bits per heavy atom. The molecule has 0 amide bonds. The SMILES string of the molecule is CC1=CC(=O)[C@@H]2[C@@H](C1)[C@]1(C)C[C@@]34OC(=O)C[C@](C)([C@H]1C(=O)[C@@H]2C)[C@]3(C)CC[C@]12C[C@@H](C)C[C@H](CN14)O2.O=C(O)C(F)(F)F. The van der Waals surface area contributed by atoms with Gasteiger partial charge in [-0.05, 0) is 67.8 Å². The highest BCUT2D eigenvalue weighted by Gasteiger charge is 2.82. The Balaban J connectivity index is 0.000000423. The molecule has 1 N–H and O–H groups in total. The van der Waals surface area contributed by atoms with E-state index in [1.165, 1.54) is 0 Å². The molecule has 0 aromatic rings. The van der Waals surface area contributed by atoms with Crippen molar-refractivity contribution < 1.29 is 46.9 Å². The zero-order valence-corrected chi connectivity index (χ0v) is 25.7. The van der Waals surface area contributed by atoms with Gasteiger partial charge in [0.15, 0.2) is 11.5 Å². The van der Waals surface area contributed by atoms with Gasteiger partial charge in [-0.15, -0.1) is 0 Å². The second-order valence-corrected chi connectivity index (χ2v) is 15.4. The number of rotatable bonds is 0. The van der Waals surface area contributed by atoms with Crippen LogP contribution in [0.1, 0.15) is 86.5 Å². The van der Waals surface area contributed by atoms with Gasteiger partial charge in [0.1, 0.15) is 11.5 Å². The minimum Gasteiger partial charge on any atom is -0.475 e. The molecule has 238 valence electrons. The number of piperidine rings is 1. The van der Waals surface area contributed by atoms with E-state index in [4.69, 9.17) is 19.4 Å². The van der Waals surface area contributed by atoms with Gasteiger partial charge in [-0.3, -0.25) is 14.4 Å². The van der Waals surface area contributed by atoms with Crippen molar-refractivity contribution in [2.75, 3.05) is 6.54 Å². The number of carbonyl (C=O) groups is 4. The fourth-order valence-corrected chi connectivity index (χ4v) is 11.3. The number of Topliss-reactive ketones (excluding diaryl/α,β-unsaturated/α-hetero) is 1. The van der Waals surface area contributed by atoms with Crippen molar-refractivity contribution in [3.8, 4) is 0 Å². The Morgan fingerprint density at radius 3 is 2.40 bits per heavy atom. The Labute approximate surface area is 249 Å². The summed E-state index contributed by atoms with van der Waals surface area (Å²) < 4.78 is 45.2. The summed E-state index contributed by atoms with van der Waals surface area (Å²) in [7, 11) is 0. The molecule has 4 bridgehead atoms. The first-order chi connectivity index (χ1) is 19.7. The molecule has 0 aromatic carbocycles. The van der Waals surface area contributed by atoms with Crippen LogP contribution in [0.15, 0.2) is 11.6 Å². The largest absolute Gasteiger partial charge is 0.490 e. The molecule has 1 spiro atoms. The van der Waals surface area contributed by atoms with Gasteiger partial charge in [0.05, 0.1) is 12.5 Å². The number of carboxylic acid groups (broad SMARTS) is 1. The lowest BCUT2D eigenvalue weighted by Gasteiger charge is -2.76. The van der Waals surface area contributed by atoms with E-state index in [-0.39, 0.29) is 59.1 Å². The normalized spacial score (nSPS) is 50.2. The van der Waals surface area contributed by atoms with E-state index >= 15 is 0 Å². The van der Waals surface area contributed by atoms with Crippen LogP contribution in [0.4, 0.5) is 13.2 Å². The third-order valence-corrected chi connectivity index (χ3v) is 12.9. The molecule has 2 saturated carbocycles. The first-order valence-corrected chi connectivity index (χ1v) is 15.5. The predicted molar refractivity (Wildman–Crippen MR) is 146 cm³/mol. The van der Waals surface area contributed by atoms with Crippen molar-refractivity contribution in [3.05, 3.63) is 11.6 Å². The van der Waals surface area contributed by atoms with Crippen molar-refractivity contribution in [1.82, 2.24) is 4.90 Å². The predicted octanol–water partition coefficient (Wildman–Crippen LogP) is 5.29. The molecule has 0 aromatic heterocycles. The summed E-state index contributed by atoms with van der Waals surface area (Å²) in [5.74, 6) is -2.86. The average molecular weight is 610 g/mol. The summed E-state index contributed by atoms with van der Waals surface area (Å²) in [6.07, 6.45) is 2.35. The lowest BCUT2D eigenvalue weighted by atomic mass is 9.33. The molecule has 0 radical (unpaired) electrons. The number of hydrogen-bond acceptors (Lipinski definition) is 7. The number of hydrogen-bond donors (Lipinski definition) is 1. The summed E-state index contributed by atoms with van der Waals surface area (Å²) in [5.41, 5.74) is -1.44. The fourth-order valence-electron chi connectivity index (χ4n) is 11.3. The summed E-state index contributed by atoms with van der Waals surface area (Å²) in [5, 5.41) is 7.12. The number of ether oxygens (including phenoxy) is 2. The number of allylic oxidation sites excluding steroid dienone is 2. The maximum Gasteiger partial charge on any atom is 0.490 e. The first kappa shape index (κ1) is 30.7. The summed E-state index contributed by atoms with van der Waals surface area (Å²) in [6.45, 7) is 13.9. The number of carbonyl (C=O) groups excluding carboxylic acids is 3. The summed E-state index contributed by atoms with van der Waals surface area (Å²) in [6, 6.07) is 0. The molecule has 4 aliphatic heterocycles. The molecule has 6 fully saturated rings. The Kier molecular flexibility index (Phi) is 6.54. The van der Waals surface area contributed by atoms with Crippen LogP contribution in [0.25, 0.3) is 0 Å². The van der Waals surface area contributed by atoms with Crippen LogP contribution in [0.2, 0.25) is 0 Å². The molecular formula is C32H42F3NO7. The van der Waals surface area contributed by atoms with Gasteiger partial charge in [-0.1, -0.05) is 40.2 Å². The van der Waals surface area contributed by atoms with Gasteiger partial charge < -0.3 is 14.6 Å². The Bertz CT molecular complexity index is 1330. The molecule has 11 atom stereocenters. The molecule has 11 heteroatoms. The Hall–Kier alpha value is -2.27. The first-order valence-electron chi connectivity index (χ1n) is 15.5. The zero-order valence-electron chi connectivity index (χ0n) is 25.7. The second kappa shape index (κ2) is 9.14. The van der Waals surface area contributed by atoms with Gasteiger partial charge in [-0.25, -0.2) is 9.69 Å². The van der Waals surface area contributed by atoms with Gasteiger partial charge in [0.2, 0.25) is 0 Å². The van der Waals surface area contributed by atoms with Crippen molar-refractivity contribution >= 4 is 23.5 Å². The second-order valence-electron chi connectivity index (χ2n) is 15.4. The maximum absolute atomic E-state index is 14.4. The summed E-state index contributed by atoms with van der Waals surface area (Å²) in [4.78, 5) is 52.6. The molecule has 8 nitrogen and oxygen atoms in total. The minimum absolute atomic E-state index is 0.0740. The lowest BCUT2D eigenvalue weighted by molar-refractivity contribution is -0.379. The smallest absolute Gasteiger partial charge is 0.475 e. The topological polar surface area (TPSA) is 110 Å². The fraction of sp³-hybridized carbons (Fsp3) is 0.812. The van der Waals surface area contributed by atoms with Crippen LogP contribution in [0.5, 0.6) is 0 Å². The van der Waals surface area contributed by atoms with Crippen molar-refractivity contribution in [2.24, 2.45) is 45.8 Å². The standard InChI is InChI=1S/C30H41NO5.C2HF3O2/c1-16-10-20-23(21(32)11-16)18(3)24(34)25-26(20,4)15-30-28(6,27(25,5)13-22(33)36-30)7-8-29-12-17(2)9-19(35-29)14-31(29)30;3-2(4,5)1(6)7/h11,17-20,23,25H,7-10,12-15H2,1-6H3;(H,6,7)/t17-,18+,19+,20+,23-,25-,26-,27+,28-,29-,30+;/m0./s1. The van der Waals surface area contributed by atoms with Gasteiger partial charge in [0, 0.05) is 36.1 Å². The van der Waals surface area contributed by atoms with Crippen LogP contribution in [0, 0.1) is 45.8 Å². The number of fused-ring (bicyclic) bond motifs is 5. The maximum atomic E-state index is 14.4. The monoisotopic (exact) mass is 609 g/mol. The number of halogens is 3. The number of nitrogens with zero attached hydrogens (tertiary/aromatic N) is 1. The zero-order chi connectivity index (χ0) is 31.7. The quantitative estimate of drug-likeness (QED) is 0.369. The molecule has 4 heterocycles. The van der Waals surface area contributed by atoms with Crippen LogP contribution < -0.4 is 0 Å².